The summed E-state index contributed by atoms with van der Waals surface area (Å²) in [7, 11) is 0. The maximum Gasteiger partial charge on any atom is 0.0626 e. The van der Waals surface area contributed by atoms with Crippen LogP contribution >= 0.6 is 50.7 Å². The SMILES string of the molecule is Clc1cccc(CC(Cl)c2ccc(Br)c(Cl)c2)c1. The lowest BCUT2D eigenvalue weighted by Crippen LogP contribution is -1.96. The van der Waals surface area contributed by atoms with Gasteiger partial charge in [0.25, 0.3) is 0 Å². The molecule has 4 heteroatoms. The smallest absolute Gasteiger partial charge is 0.0626 e. The zero-order chi connectivity index (χ0) is 13.1. The summed E-state index contributed by atoms with van der Waals surface area (Å²) in [6, 6.07) is 13.5. The van der Waals surface area contributed by atoms with Gasteiger partial charge in [0.15, 0.2) is 0 Å². The minimum Gasteiger partial charge on any atom is -0.117 e. The van der Waals surface area contributed by atoms with E-state index in [1.165, 1.54) is 0 Å². The molecule has 18 heavy (non-hydrogen) atoms. The molecule has 0 spiro atoms. The first-order chi connectivity index (χ1) is 8.56. The van der Waals surface area contributed by atoms with Crippen molar-refractivity contribution in [3.63, 3.8) is 0 Å². The second-order valence-corrected chi connectivity index (χ2v) is 6.20. The first-order valence-corrected chi connectivity index (χ1v) is 7.38. The molecule has 2 aromatic carbocycles. The Morgan fingerprint density at radius 2 is 1.83 bits per heavy atom. The van der Waals surface area contributed by atoms with E-state index in [9.17, 15) is 0 Å². The zero-order valence-electron chi connectivity index (χ0n) is 9.34. The Balaban J connectivity index is 2.16. The fourth-order valence-electron chi connectivity index (χ4n) is 1.70. The van der Waals surface area contributed by atoms with E-state index in [1.807, 2.05) is 42.5 Å². The van der Waals surface area contributed by atoms with Gasteiger partial charge in [-0.1, -0.05) is 41.4 Å². The summed E-state index contributed by atoms with van der Waals surface area (Å²) in [4.78, 5) is 0. The second-order valence-electron chi connectivity index (χ2n) is 3.98. The minimum atomic E-state index is -0.117. The molecule has 0 aromatic heterocycles. The Morgan fingerprint density at radius 3 is 2.50 bits per heavy atom. The summed E-state index contributed by atoms with van der Waals surface area (Å²) in [6.45, 7) is 0. The van der Waals surface area contributed by atoms with Gasteiger partial charge in [-0.15, -0.1) is 11.6 Å². The summed E-state index contributed by atoms with van der Waals surface area (Å²) < 4.78 is 0.875. The van der Waals surface area contributed by atoms with Gasteiger partial charge < -0.3 is 0 Å². The Labute approximate surface area is 130 Å². The molecule has 0 amide bonds. The Bertz CT molecular complexity index is 554. The monoisotopic (exact) mass is 362 g/mol. The fourth-order valence-corrected chi connectivity index (χ4v) is 2.66. The molecule has 1 atom stereocenters. The van der Waals surface area contributed by atoms with E-state index in [4.69, 9.17) is 34.8 Å². The lowest BCUT2D eigenvalue weighted by molar-refractivity contribution is 0.919. The lowest BCUT2D eigenvalue weighted by atomic mass is 10.0. The number of benzene rings is 2. The highest BCUT2D eigenvalue weighted by Crippen LogP contribution is 2.31. The van der Waals surface area contributed by atoms with Crippen LogP contribution in [0.15, 0.2) is 46.9 Å². The van der Waals surface area contributed by atoms with Crippen LogP contribution in [0.1, 0.15) is 16.5 Å². The van der Waals surface area contributed by atoms with Gasteiger partial charge in [0, 0.05) is 9.50 Å². The number of hydrogen-bond donors (Lipinski definition) is 0. The van der Waals surface area contributed by atoms with E-state index in [0.29, 0.717) is 5.02 Å². The molecule has 0 aliphatic carbocycles. The fraction of sp³-hybridized carbons (Fsp3) is 0.143. The summed E-state index contributed by atoms with van der Waals surface area (Å²) in [5, 5.41) is 1.28. The van der Waals surface area contributed by atoms with Crippen molar-refractivity contribution in [1.82, 2.24) is 0 Å². The molecular formula is C14H10BrCl3. The van der Waals surface area contributed by atoms with Gasteiger partial charge in [-0.05, 0) is 57.7 Å². The van der Waals surface area contributed by atoms with E-state index < -0.39 is 0 Å². The summed E-state index contributed by atoms with van der Waals surface area (Å²) >= 11 is 21.8. The molecular weight excluding hydrogens is 354 g/mol. The average molecular weight is 364 g/mol. The summed E-state index contributed by atoms with van der Waals surface area (Å²) in [5.74, 6) is 0. The Hall–Kier alpha value is -0.210. The standard InChI is InChI=1S/C14H10BrCl3/c15-12-5-4-10(8-14(12)18)13(17)7-9-2-1-3-11(16)6-9/h1-6,8,13H,7H2. The summed E-state index contributed by atoms with van der Waals surface area (Å²) in [5.41, 5.74) is 2.12. The second kappa shape index (κ2) is 6.29. The predicted molar refractivity (Wildman–Crippen MR) is 82.9 cm³/mol. The normalized spacial score (nSPS) is 12.4. The van der Waals surface area contributed by atoms with Gasteiger partial charge in [0.2, 0.25) is 0 Å². The van der Waals surface area contributed by atoms with Crippen molar-refractivity contribution < 1.29 is 0 Å². The van der Waals surface area contributed by atoms with Crippen LogP contribution in [0.5, 0.6) is 0 Å². The first-order valence-electron chi connectivity index (χ1n) is 5.40. The average Bonchev–Trinajstić information content (AvgIpc) is 2.32. The van der Waals surface area contributed by atoms with Crippen molar-refractivity contribution >= 4 is 50.7 Å². The van der Waals surface area contributed by atoms with Gasteiger partial charge in [-0.2, -0.15) is 0 Å². The van der Waals surface area contributed by atoms with Crippen LogP contribution in [0.3, 0.4) is 0 Å². The van der Waals surface area contributed by atoms with Crippen LogP contribution < -0.4 is 0 Å². The molecule has 1 unspecified atom stereocenters. The minimum absolute atomic E-state index is 0.117. The first kappa shape index (κ1) is 14.2. The maximum absolute atomic E-state index is 6.40. The molecule has 94 valence electrons. The largest absolute Gasteiger partial charge is 0.117 e. The van der Waals surface area contributed by atoms with Gasteiger partial charge in [0.05, 0.1) is 10.4 Å². The quantitative estimate of drug-likeness (QED) is 0.562. The van der Waals surface area contributed by atoms with Crippen molar-refractivity contribution in [3.05, 3.63) is 68.1 Å². The highest BCUT2D eigenvalue weighted by molar-refractivity contribution is 9.10. The summed E-state index contributed by atoms with van der Waals surface area (Å²) in [6.07, 6.45) is 0.722. The van der Waals surface area contributed by atoms with Crippen LogP contribution in [0.25, 0.3) is 0 Å². The van der Waals surface area contributed by atoms with E-state index in [2.05, 4.69) is 15.9 Å². The molecule has 0 saturated carbocycles. The molecule has 2 rings (SSSR count). The third kappa shape index (κ3) is 3.64. The molecule has 0 fully saturated rings. The van der Waals surface area contributed by atoms with Crippen LogP contribution in [-0.2, 0) is 6.42 Å². The molecule has 0 bridgehead atoms. The molecule has 0 heterocycles. The van der Waals surface area contributed by atoms with Crippen molar-refractivity contribution in [3.8, 4) is 0 Å². The van der Waals surface area contributed by atoms with Crippen LogP contribution in [-0.4, -0.2) is 0 Å². The number of hydrogen-bond acceptors (Lipinski definition) is 0. The van der Waals surface area contributed by atoms with Crippen molar-refractivity contribution in [2.75, 3.05) is 0 Å². The number of halogens is 4. The van der Waals surface area contributed by atoms with Crippen LogP contribution in [0.2, 0.25) is 10.0 Å². The van der Waals surface area contributed by atoms with Gasteiger partial charge >= 0.3 is 0 Å². The van der Waals surface area contributed by atoms with Gasteiger partial charge in [-0.3, -0.25) is 0 Å². The Kier molecular flexibility index (Phi) is 4.97. The van der Waals surface area contributed by atoms with Gasteiger partial charge in [-0.25, -0.2) is 0 Å². The van der Waals surface area contributed by atoms with Crippen molar-refractivity contribution in [2.45, 2.75) is 11.8 Å². The van der Waals surface area contributed by atoms with E-state index in [-0.39, 0.29) is 5.38 Å². The molecule has 2 aromatic rings. The topological polar surface area (TPSA) is 0 Å². The highest BCUT2D eigenvalue weighted by atomic mass is 79.9. The molecule has 0 aliphatic heterocycles. The number of alkyl halides is 1. The highest BCUT2D eigenvalue weighted by Gasteiger charge is 2.10. The van der Waals surface area contributed by atoms with E-state index in [0.717, 1.165) is 27.0 Å². The third-order valence-corrected chi connectivity index (χ3v) is 4.48. The van der Waals surface area contributed by atoms with Crippen molar-refractivity contribution in [2.24, 2.45) is 0 Å². The molecule has 0 nitrogen and oxygen atoms in total. The number of rotatable bonds is 3. The van der Waals surface area contributed by atoms with E-state index >= 15 is 0 Å². The molecule has 0 saturated heterocycles. The molecule has 0 radical (unpaired) electrons. The lowest BCUT2D eigenvalue weighted by Gasteiger charge is -2.11. The van der Waals surface area contributed by atoms with Crippen molar-refractivity contribution in [1.29, 1.82) is 0 Å². The predicted octanol–water partition coefficient (Wildman–Crippen LogP) is 6.28. The Morgan fingerprint density at radius 1 is 1.06 bits per heavy atom. The molecule has 0 aliphatic rings. The molecule has 0 N–H and O–H groups in total. The zero-order valence-corrected chi connectivity index (χ0v) is 13.2. The maximum atomic E-state index is 6.40. The van der Waals surface area contributed by atoms with E-state index in [1.54, 1.807) is 0 Å². The van der Waals surface area contributed by atoms with Crippen LogP contribution in [0, 0.1) is 0 Å². The van der Waals surface area contributed by atoms with Crippen LogP contribution in [0.4, 0.5) is 0 Å². The van der Waals surface area contributed by atoms with Gasteiger partial charge in [0.1, 0.15) is 0 Å². The third-order valence-electron chi connectivity index (χ3n) is 2.61.